The Morgan fingerprint density at radius 3 is 2.60 bits per heavy atom. The van der Waals surface area contributed by atoms with Crippen LogP contribution < -0.4 is 20.3 Å². The third-order valence-corrected chi connectivity index (χ3v) is 7.25. The number of methoxy groups -OCH3 is 1. The van der Waals surface area contributed by atoms with Crippen molar-refractivity contribution < 1.29 is 4.74 Å². The fraction of sp³-hybridized carbons (Fsp3) is 0.348. The molecule has 0 bridgehead atoms. The molecule has 1 aliphatic rings. The van der Waals surface area contributed by atoms with Crippen molar-refractivity contribution in [3.05, 3.63) is 58.1 Å². The predicted molar refractivity (Wildman–Crippen MR) is 129 cm³/mol. The second-order valence-corrected chi connectivity index (χ2v) is 9.23. The number of piperidine rings is 1. The largest absolute Gasteiger partial charge is 0.497 e. The van der Waals surface area contributed by atoms with E-state index in [1.807, 2.05) is 30.5 Å². The molecule has 3 aromatic rings. The van der Waals surface area contributed by atoms with Gasteiger partial charge in [-0.3, -0.25) is 4.99 Å². The topological polar surface area (TPSA) is 48.9 Å². The van der Waals surface area contributed by atoms with Gasteiger partial charge < -0.3 is 20.3 Å². The SMILES string of the molecule is CN=C(NCc1cc(-c2ccc(OC)cc2)cs1)NC1CCN(c2cccs2)CC1. The van der Waals surface area contributed by atoms with Crippen LogP contribution in [0.1, 0.15) is 17.7 Å². The molecule has 2 aromatic heterocycles. The molecule has 0 spiro atoms. The number of guanidine groups is 1. The maximum Gasteiger partial charge on any atom is 0.191 e. The quantitative estimate of drug-likeness (QED) is 0.426. The van der Waals surface area contributed by atoms with Gasteiger partial charge in [0.05, 0.1) is 18.7 Å². The highest BCUT2D eigenvalue weighted by Gasteiger charge is 2.20. The number of thiophene rings is 2. The molecule has 2 N–H and O–H groups in total. The van der Waals surface area contributed by atoms with Gasteiger partial charge >= 0.3 is 0 Å². The zero-order valence-electron chi connectivity index (χ0n) is 17.4. The van der Waals surface area contributed by atoms with Gasteiger partial charge in [-0.2, -0.15) is 0 Å². The van der Waals surface area contributed by atoms with Gasteiger partial charge in [-0.1, -0.05) is 12.1 Å². The molecule has 4 rings (SSSR count). The molecule has 1 aromatic carbocycles. The normalized spacial score (nSPS) is 15.3. The third-order valence-electron chi connectivity index (χ3n) is 5.38. The van der Waals surface area contributed by atoms with Crippen LogP contribution in [0.3, 0.4) is 0 Å². The van der Waals surface area contributed by atoms with E-state index in [2.05, 4.69) is 61.6 Å². The molecule has 0 radical (unpaired) electrons. The van der Waals surface area contributed by atoms with E-state index >= 15 is 0 Å². The van der Waals surface area contributed by atoms with E-state index in [1.54, 1.807) is 18.4 Å². The fourth-order valence-electron chi connectivity index (χ4n) is 3.66. The molecule has 5 nitrogen and oxygen atoms in total. The number of aliphatic imine (C=N–C) groups is 1. The fourth-order valence-corrected chi connectivity index (χ4v) is 5.28. The highest BCUT2D eigenvalue weighted by atomic mass is 32.1. The number of anilines is 1. The number of nitrogens with zero attached hydrogens (tertiary/aromatic N) is 2. The van der Waals surface area contributed by atoms with Crippen molar-refractivity contribution in [2.24, 2.45) is 4.99 Å². The van der Waals surface area contributed by atoms with Crippen LogP contribution in [-0.2, 0) is 6.54 Å². The minimum atomic E-state index is 0.464. The Morgan fingerprint density at radius 2 is 1.93 bits per heavy atom. The average molecular weight is 441 g/mol. The number of rotatable bonds is 6. The first kappa shape index (κ1) is 20.8. The molecule has 0 unspecified atom stereocenters. The van der Waals surface area contributed by atoms with Gasteiger partial charge in [-0.05, 0) is 65.1 Å². The molecular weight excluding hydrogens is 412 g/mol. The zero-order valence-corrected chi connectivity index (χ0v) is 19.1. The second-order valence-electron chi connectivity index (χ2n) is 7.31. The molecule has 1 fully saturated rings. The van der Waals surface area contributed by atoms with Crippen molar-refractivity contribution in [1.29, 1.82) is 0 Å². The molecule has 0 atom stereocenters. The molecule has 1 aliphatic heterocycles. The Morgan fingerprint density at radius 1 is 1.13 bits per heavy atom. The van der Waals surface area contributed by atoms with Crippen LogP contribution >= 0.6 is 22.7 Å². The van der Waals surface area contributed by atoms with E-state index in [0.29, 0.717) is 6.04 Å². The molecule has 1 saturated heterocycles. The number of nitrogens with one attached hydrogen (secondary N) is 2. The van der Waals surface area contributed by atoms with Gasteiger partial charge in [0.25, 0.3) is 0 Å². The predicted octanol–water partition coefficient (Wildman–Crippen LogP) is 4.82. The summed E-state index contributed by atoms with van der Waals surface area (Å²) in [5, 5.41) is 12.8. The molecular formula is C23H28N4OS2. The van der Waals surface area contributed by atoms with Gasteiger partial charge in [-0.15, -0.1) is 22.7 Å². The second kappa shape index (κ2) is 10.00. The minimum absolute atomic E-state index is 0.464. The van der Waals surface area contributed by atoms with E-state index in [-0.39, 0.29) is 0 Å². The Balaban J connectivity index is 1.26. The monoisotopic (exact) mass is 440 g/mol. The first-order chi connectivity index (χ1) is 14.7. The maximum absolute atomic E-state index is 5.24. The van der Waals surface area contributed by atoms with Crippen molar-refractivity contribution in [3.63, 3.8) is 0 Å². The maximum atomic E-state index is 5.24. The summed E-state index contributed by atoms with van der Waals surface area (Å²) in [6, 6.07) is 15.2. The molecule has 3 heterocycles. The van der Waals surface area contributed by atoms with E-state index in [9.17, 15) is 0 Å². The Bertz CT molecular complexity index is 942. The standard InChI is InChI=1S/C23H28N4OS2/c1-24-23(26-19-9-11-27(12-10-19)22-4-3-13-29-22)25-15-21-14-18(16-30-21)17-5-7-20(28-2)8-6-17/h3-8,13-14,16,19H,9-12,15H2,1-2H3,(H2,24,25,26). The van der Waals surface area contributed by atoms with Crippen LogP contribution in [0.4, 0.5) is 5.00 Å². The number of hydrogen-bond donors (Lipinski definition) is 2. The summed E-state index contributed by atoms with van der Waals surface area (Å²) >= 11 is 3.59. The van der Waals surface area contributed by atoms with E-state index in [4.69, 9.17) is 4.74 Å². The van der Waals surface area contributed by atoms with Crippen molar-refractivity contribution in [1.82, 2.24) is 10.6 Å². The average Bonchev–Trinajstić information content (AvgIpc) is 3.50. The van der Waals surface area contributed by atoms with E-state index in [0.717, 1.165) is 44.2 Å². The summed E-state index contributed by atoms with van der Waals surface area (Å²) in [6.45, 7) is 2.95. The number of hydrogen-bond acceptors (Lipinski definition) is 5. The first-order valence-corrected chi connectivity index (χ1v) is 12.0. The summed E-state index contributed by atoms with van der Waals surface area (Å²) < 4.78 is 5.24. The Labute approximate surface area is 186 Å². The van der Waals surface area contributed by atoms with Crippen LogP contribution in [0.2, 0.25) is 0 Å². The van der Waals surface area contributed by atoms with E-state index in [1.165, 1.54) is 21.0 Å². The summed E-state index contributed by atoms with van der Waals surface area (Å²) in [6.07, 6.45) is 2.25. The summed E-state index contributed by atoms with van der Waals surface area (Å²) in [4.78, 5) is 8.19. The van der Waals surface area contributed by atoms with Gasteiger partial charge in [0.15, 0.2) is 5.96 Å². The first-order valence-electron chi connectivity index (χ1n) is 10.2. The Hall–Kier alpha value is -2.51. The van der Waals surface area contributed by atoms with Crippen molar-refractivity contribution in [2.75, 3.05) is 32.1 Å². The Kier molecular flexibility index (Phi) is 6.92. The van der Waals surface area contributed by atoms with Crippen LogP contribution in [0.25, 0.3) is 11.1 Å². The van der Waals surface area contributed by atoms with Crippen LogP contribution in [0.5, 0.6) is 5.75 Å². The van der Waals surface area contributed by atoms with Gasteiger partial charge in [0.1, 0.15) is 5.75 Å². The van der Waals surface area contributed by atoms with Crippen LogP contribution in [0.15, 0.2) is 58.2 Å². The molecule has 0 saturated carbocycles. The summed E-state index contributed by atoms with van der Waals surface area (Å²) in [7, 11) is 3.53. The van der Waals surface area contributed by atoms with Gasteiger partial charge in [0, 0.05) is 31.1 Å². The van der Waals surface area contributed by atoms with Crippen LogP contribution in [0, 0.1) is 0 Å². The lowest BCUT2D eigenvalue weighted by Crippen LogP contribution is -2.48. The third kappa shape index (κ3) is 5.15. The highest BCUT2D eigenvalue weighted by Crippen LogP contribution is 2.27. The summed E-state index contributed by atoms with van der Waals surface area (Å²) in [5.41, 5.74) is 2.45. The highest BCUT2D eigenvalue weighted by molar-refractivity contribution is 7.14. The molecule has 30 heavy (non-hydrogen) atoms. The molecule has 0 amide bonds. The van der Waals surface area contributed by atoms with Gasteiger partial charge in [0.2, 0.25) is 0 Å². The smallest absolute Gasteiger partial charge is 0.191 e. The lowest BCUT2D eigenvalue weighted by molar-refractivity contribution is 0.415. The summed E-state index contributed by atoms with van der Waals surface area (Å²) in [5.74, 6) is 1.76. The molecule has 158 valence electrons. The van der Waals surface area contributed by atoms with Crippen molar-refractivity contribution in [3.8, 4) is 16.9 Å². The van der Waals surface area contributed by atoms with Crippen LogP contribution in [-0.4, -0.2) is 39.2 Å². The van der Waals surface area contributed by atoms with Crippen molar-refractivity contribution >= 4 is 33.6 Å². The van der Waals surface area contributed by atoms with E-state index < -0.39 is 0 Å². The number of ether oxygens (including phenoxy) is 1. The number of benzene rings is 1. The van der Waals surface area contributed by atoms with Crippen molar-refractivity contribution in [2.45, 2.75) is 25.4 Å². The lowest BCUT2D eigenvalue weighted by atomic mass is 10.1. The minimum Gasteiger partial charge on any atom is -0.497 e. The zero-order chi connectivity index (χ0) is 20.8. The molecule has 0 aliphatic carbocycles. The lowest BCUT2D eigenvalue weighted by Gasteiger charge is -2.33. The van der Waals surface area contributed by atoms with Gasteiger partial charge in [-0.25, -0.2) is 0 Å². The molecule has 7 heteroatoms.